The molecule has 0 radical (unpaired) electrons. The van der Waals surface area contributed by atoms with E-state index in [2.05, 4.69) is 46.3 Å². The highest BCUT2D eigenvalue weighted by molar-refractivity contribution is 5.84. The van der Waals surface area contributed by atoms with Gasteiger partial charge in [0.25, 0.3) is 0 Å². The number of para-hydroxylation sites is 1. The first-order valence-corrected chi connectivity index (χ1v) is 10.6. The van der Waals surface area contributed by atoms with Gasteiger partial charge in [0.05, 0.1) is 24.7 Å². The molecule has 0 spiro atoms. The lowest BCUT2D eigenvalue weighted by molar-refractivity contribution is 0.0387. The summed E-state index contributed by atoms with van der Waals surface area (Å²) < 4.78 is 21.5. The van der Waals surface area contributed by atoms with Gasteiger partial charge in [0.15, 0.2) is 0 Å². The Kier molecular flexibility index (Phi) is 8.02. The van der Waals surface area contributed by atoms with E-state index < -0.39 is 0 Å². The number of nitrogens with one attached hydrogen (secondary N) is 4. The molecule has 4 N–H and O–H groups in total. The fourth-order valence-corrected chi connectivity index (χ4v) is 3.40. The van der Waals surface area contributed by atoms with Crippen LogP contribution in [0.1, 0.15) is 19.5 Å². The van der Waals surface area contributed by atoms with Crippen LogP contribution in [0.5, 0.6) is 0 Å². The Labute approximate surface area is 183 Å². The molecule has 31 heavy (non-hydrogen) atoms. The minimum absolute atomic E-state index is 0.317. The van der Waals surface area contributed by atoms with Gasteiger partial charge in [-0.3, -0.25) is 9.47 Å². The molecule has 0 aliphatic carbocycles. The normalized spacial score (nSPS) is 14.5. The number of morpholine rings is 1. The molecule has 1 saturated heterocycles. The van der Waals surface area contributed by atoms with Gasteiger partial charge in [0, 0.05) is 38.9 Å². The number of aromatic nitrogens is 2. The van der Waals surface area contributed by atoms with Crippen molar-refractivity contribution in [2.45, 2.75) is 20.4 Å². The molecule has 0 amide bonds. The Balaban J connectivity index is 1.73. The number of halogens is 1. The maximum Gasteiger partial charge on any atom is 0.209 e. The molecule has 0 saturated carbocycles. The summed E-state index contributed by atoms with van der Waals surface area (Å²) in [7, 11) is 0. The zero-order valence-electron chi connectivity index (χ0n) is 18.2. The van der Waals surface area contributed by atoms with E-state index in [1.807, 2.05) is 4.57 Å². The van der Waals surface area contributed by atoms with Gasteiger partial charge in [-0.2, -0.15) is 0 Å². The second kappa shape index (κ2) is 10.9. The Morgan fingerprint density at radius 2 is 2.06 bits per heavy atom. The summed E-state index contributed by atoms with van der Waals surface area (Å²) in [5.41, 5.74) is 0.790. The molecule has 0 unspecified atom stereocenters. The van der Waals surface area contributed by atoms with Gasteiger partial charge in [-0.25, -0.2) is 9.37 Å². The Bertz CT molecular complexity index is 890. The quantitative estimate of drug-likeness (QED) is 0.410. The van der Waals surface area contributed by atoms with Crippen molar-refractivity contribution in [3.05, 3.63) is 48.2 Å². The molecule has 2 heterocycles. The van der Waals surface area contributed by atoms with Gasteiger partial charge in [-0.15, -0.1) is 0 Å². The number of hydrogen-bond acceptors (Lipinski definition) is 7. The Morgan fingerprint density at radius 1 is 1.32 bits per heavy atom. The van der Waals surface area contributed by atoms with Gasteiger partial charge in [0.1, 0.15) is 17.3 Å². The van der Waals surface area contributed by atoms with Crippen LogP contribution >= 0.6 is 0 Å². The largest absolute Gasteiger partial charge is 0.379 e. The highest BCUT2D eigenvalue weighted by Crippen LogP contribution is 2.26. The van der Waals surface area contributed by atoms with E-state index in [4.69, 9.17) is 10.1 Å². The van der Waals surface area contributed by atoms with Crippen molar-refractivity contribution in [3.8, 4) is 0 Å². The van der Waals surface area contributed by atoms with Gasteiger partial charge in [-0.05, 0) is 18.1 Å². The smallest absolute Gasteiger partial charge is 0.209 e. The van der Waals surface area contributed by atoms with E-state index in [0.717, 1.165) is 39.4 Å². The summed E-state index contributed by atoms with van der Waals surface area (Å²) in [5, 5.41) is 17.4. The second-order valence-electron chi connectivity index (χ2n) is 7.91. The number of anilines is 3. The highest BCUT2D eigenvalue weighted by atomic mass is 19.1. The third kappa shape index (κ3) is 6.28. The fraction of sp³-hybridized carbons (Fsp3) is 0.455. The molecule has 0 bridgehead atoms. The predicted octanol–water partition coefficient (Wildman–Crippen LogP) is 3.22. The first-order valence-electron chi connectivity index (χ1n) is 10.6. The molecule has 168 valence electrons. The number of hydrogen-bond donors (Lipinski definition) is 4. The topological polar surface area (TPSA) is 90.2 Å². The molecule has 3 rings (SSSR count). The number of rotatable bonds is 11. The van der Waals surface area contributed by atoms with Crippen LogP contribution in [0.4, 0.5) is 21.8 Å². The van der Waals surface area contributed by atoms with Crippen molar-refractivity contribution in [2.24, 2.45) is 5.92 Å². The summed E-state index contributed by atoms with van der Waals surface area (Å²) >= 11 is 0. The molecular weight excluding hydrogens is 397 g/mol. The first-order chi connectivity index (χ1) is 15.0. The van der Waals surface area contributed by atoms with E-state index in [9.17, 15) is 4.39 Å². The fourth-order valence-electron chi connectivity index (χ4n) is 3.40. The van der Waals surface area contributed by atoms with Crippen molar-refractivity contribution in [2.75, 3.05) is 50.0 Å². The lowest BCUT2D eigenvalue weighted by atomic mass is 10.2. The van der Waals surface area contributed by atoms with E-state index in [0.29, 0.717) is 41.4 Å². The van der Waals surface area contributed by atoms with Crippen molar-refractivity contribution in [1.29, 1.82) is 5.41 Å². The summed E-state index contributed by atoms with van der Waals surface area (Å²) in [6, 6.07) is 6.46. The van der Waals surface area contributed by atoms with Gasteiger partial charge < -0.3 is 26.1 Å². The van der Waals surface area contributed by atoms with E-state index in [-0.39, 0.29) is 5.82 Å². The van der Waals surface area contributed by atoms with Crippen LogP contribution in [-0.2, 0) is 11.3 Å². The monoisotopic (exact) mass is 429 g/mol. The number of nitrogens with zero attached hydrogens (tertiary/aromatic N) is 3. The van der Waals surface area contributed by atoms with Crippen LogP contribution < -0.4 is 16.0 Å². The van der Waals surface area contributed by atoms with Crippen molar-refractivity contribution in [3.63, 3.8) is 0 Å². The molecule has 1 aliphatic rings. The van der Waals surface area contributed by atoms with Crippen molar-refractivity contribution >= 4 is 23.7 Å². The zero-order chi connectivity index (χ0) is 22.2. The number of benzene rings is 1. The average molecular weight is 430 g/mol. The lowest BCUT2D eigenvalue weighted by Gasteiger charge is -2.27. The zero-order valence-corrected chi connectivity index (χ0v) is 18.2. The summed E-state index contributed by atoms with van der Waals surface area (Å²) in [4.78, 5) is 6.85. The maximum absolute atomic E-state index is 14.2. The number of imidazole rings is 1. The summed E-state index contributed by atoms with van der Waals surface area (Å²) in [6.45, 7) is 14.0. The summed E-state index contributed by atoms with van der Waals surface area (Å²) in [6.07, 6.45) is 1.19. The van der Waals surface area contributed by atoms with Crippen LogP contribution in [0.3, 0.4) is 0 Å². The minimum Gasteiger partial charge on any atom is -0.379 e. The van der Waals surface area contributed by atoms with Gasteiger partial charge in [-0.1, -0.05) is 32.6 Å². The van der Waals surface area contributed by atoms with Gasteiger partial charge in [0.2, 0.25) is 5.95 Å². The van der Waals surface area contributed by atoms with Crippen molar-refractivity contribution < 1.29 is 9.13 Å². The van der Waals surface area contributed by atoms with Crippen LogP contribution in [0.15, 0.2) is 36.7 Å². The van der Waals surface area contributed by atoms with E-state index >= 15 is 0 Å². The van der Waals surface area contributed by atoms with Crippen LogP contribution in [0, 0.1) is 17.1 Å². The predicted molar refractivity (Wildman–Crippen MR) is 123 cm³/mol. The molecular formula is C22H32FN7O. The molecule has 2 aromatic rings. The molecule has 8 nitrogen and oxygen atoms in total. The number of ether oxygens (including phenoxy) is 1. The van der Waals surface area contributed by atoms with E-state index in [1.165, 1.54) is 12.3 Å². The molecule has 9 heteroatoms. The third-order valence-electron chi connectivity index (χ3n) is 4.94. The average Bonchev–Trinajstić information content (AvgIpc) is 3.06. The molecule has 0 atom stereocenters. The Hall–Kier alpha value is -2.91. The molecule has 1 aromatic heterocycles. The molecule has 1 aliphatic heterocycles. The SMILES string of the molecule is C=C(NCCN1CCOCC1)Nc1c(C=N)nc(Nc2ccccc2F)n1CC(C)C. The maximum atomic E-state index is 14.2. The van der Waals surface area contributed by atoms with Gasteiger partial charge >= 0.3 is 0 Å². The second-order valence-corrected chi connectivity index (χ2v) is 7.91. The lowest BCUT2D eigenvalue weighted by Crippen LogP contribution is -2.40. The first kappa shape index (κ1) is 22.8. The van der Waals surface area contributed by atoms with Crippen LogP contribution in [0.2, 0.25) is 0 Å². The van der Waals surface area contributed by atoms with Crippen LogP contribution in [-0.4, -0.2) is 60.1 Å². The highest BCUT2D eigenvalue weighted by Gasteiger charge is 2.19. The minimum atomic E-state index is -0.360. The third-order valence-corrected chi connectivity index (χ3v) is 4.94. The molecule has 1 aromatic carbocycles. The van der Waals surface area contributed by atoms with Crippen molar-refractivity contribution in [1.82, 2.24) is 19.8 Å². The molecule has 1 fully saturated rings. The standard InChI is InChI=1S/C22H32FN7O/c1-16(2)15-30-21(26-17(3)25-8-9-29-10-12-31-13-11-29)20(14-24)28-22(30)27-19-7-5-4-6-18(19)23/h4-7,14,16,24-26H,3,8-13,15H2,1-2H3,(H,27,28). The van der Waals surface area contributed by atoms with E-state index in [1.54, 1.807) is 18.2 Å². The summed E-state index contributed by atoms with van der Waals surface area (Å²) in [5.74, 6) is 1.70. The Morgan fingerprint density at radius 3 is 2.74 bits per heavy atom. The van der Waals surface area contributed by atoms with Crippen LogP contribution in [0.25, 0.3) is 0 Å².